The summed E-state index contributed by atoms with van der Waals surface area (Å²) < 4.78 is 3.32. The fourth-order valence-corrected chi connectivity index (χ4v) is 3.26. The van der Waals surface area contributed by atoms with Crippen molar-refractivity contribution in [1.82, 2.24) is 19.7 Å². The van der Waals surface area contributed by atoms with E-state index in [-0.39, 0.29) is 23.1 Å². The summed E-state index contributed by atoms with van der Waals surface area (Å²) in [6.45, 7) is 4.80. The Kier molecular flexibility index (Phi) is 6.31. The largest absolute Gasteiger partial charge is 0.352 e. The van der Waals surface area contributed by atoms with E-state index in [1.165, 1.54) is 0 Å². The van der Waals surface area contributed by atoms with Gasteiger partial charge in [0.15, 0.2) is 0 Å². The van der Waals surface area contributed by atoms with Gasteiger partial charge >= 0.3 is 0 Å². The van der Waals surface area contributed by atoms with Crippen LogP contribution < -0.4 is 10.9 Å². The Hall–Kier alpha value is -2.86. The number of carbonyl (C=O) groups is 1. The molecule has 3 rings (SSSR count). The predicted molar refractivity (Wildman–Crippen MR) is 110 cm³/mol. The lowest BCUT2D eigenvalue weighted by atomic mass is 10.1. The van der Waals surface area contributed by atoms with Gasteiger partial charge in [0.2, 0.25) is 0 Å². The molecule has 7 heteroatoms. The zero-order valence-corrected chi connectivity index (χ0v) is 16.7. The molecule has 6 nitrogen and oxygen atoms in total. The third-order valence-corrected chi connectivity index (χ3v) is 4.90. The van der Waals surface area contributed by atoms with Crippen molar-refractivity contribution in [3.8, 4) is 0 Å². The third kappa shape index (κ3) is 4.51. The molecule has 2 aromatic heterocycles. The molecular weight excluding hydrogens is 376 g/mol. The summed E-state index contributed by atoms with van der Waals surface area (Å²) in [5.74, 6) is -0.351. The Balaban J connectivity index is 1.70. The molecule has 146 valence electrons. The van der Waals surface area contributed by atoms with Crippen molar-refractivity contribution in [2.24, 2.45) is 0 Å². The lowest BCUT2D eigenvalue weighted by molar-refractivity contribution is 0.0949. The predicted octanol–water partition coefficient (Wildman–Crippen LogP) is 3.44. The van der Waals surface area contributed by atoms with Crippen LogP contribution in [0.15, 0.2) is 59.8 Å². The summed E-state index contributed by atoms with van der Waals surface area (Å²) in [6, 6.07) is 11.4. The highest BCUT2D eigenvalue weighted by Crippen LogP contribution is 2.16. The van der Waals surface area contributed by atoms with Gasteiger partial charge in [0.25, 0.3) is 11.5 Å². The van der Waals surface area contributed by atoms with Gasteiger partial charge in [-0.1, -0.05) is 41.9 Å². The molecule has 28 heavy (non-hydrogen) atoms. The molecule has 1 amide bonds. The van der Waals surface area contributed by atoms with Gasteiger partial charge in [-0.15, -0.1) is 0 Å². The lowest BCUT2D eigenvalue weighted by Crippen LogP contribution is -2.35. The average Bonchev–Trinajstić information content (AvgIpc) is 3.11. The van der Waals surface area contributed by atoms with Crippen LogP contribution in [0, 0.1) is 6.92 Å². The highest BCUT2D eigenvalue weighted by Gasteiger charge is 2.18. The van der Waals surface area contributed by atoms with E-state index >= 15 is 0 Å². The van der Waals surface area contributed by atoms with Crippen LogP contribution in [-0.2, 0) is 6.54 Å². The Morgan fingerprint density at radius 2 is 2.00 bits per heavy atom. The molecule has 0 spiro atoms. The first-order chi connectivity index (χ1) is 13.5. The van der Waals surface area contributed by atoms with Gasteiger partial charge in [-0.3, -0.25) is 14.3 Å². The average molecular weight is 399 g/mol. The van der Waals surface area contributed by atoms with Gasteiger partial charge in [0.1, 0.15) is 5.56 Å². The van der Waals surface area contributed by atoms with Crippen molar-refractivity contribution >= 4 is 17.5 Å². The van der Waals surface area contributed by atoms with Gasteiger partial charge in [-0.05, 0) is 37.5 Å². The maximum Gasteiger partial charge on any atom is 0.264 e. The van der Waals surface area contributed by atoms with Crippen molar-refractivity contribution in [2.45, 2.75) is 32.9 Å². The van der Waals surface area contributed by atoms with E-state index in [4.69, 9.17) is 11.6 Å². The number of aryl methyl sites for hydroxylation is 2. The quantitative estimate of drug-likeness (QED) is 0.620. The number of aromatic nitrogens is 3. The Morgan fingerprint density at radius 3 is 2.68 bits per heavy atom. The van der Waals surface area contributed by atoms with Crippen LogP contribution in [0.3, 0.4) is 0 Å². The van der Waals surface area contributed by atoms with Gasteiger partial charge < -0.3 is 9.88 Å². The number of hydrogen-bond donors (Lipinski definition) is 1. The highest BCUT2D eigenvalue weighted by atomic mass is 35.5. The minimum Gasteiger partial charge on any atom is -0.352 e. The van der Waals surface area contributed by atoms with Crippen molar-refractivity contribution in [2.75, 3.05) is 6.54 Å². The van der Waals surface area contributed by atoms with Crippen LogP contribution in [0.1, 0.15) is 40.9 Å². The molecule has 1 unspecified atom stereocenters. The molecule has 1 atom stereocenters. The standard InChI is InChI=1S/C21H23ClN4O2/c1-15-9-12-26(16(2)17-7-4-3-5-8-17)21(28)19(15)20(27)23-10-6-11-25-14-18(22)13-24-25/h3-5,7-9,12-14,16H,6,10-11H2,1-2H3,(H,23,27). The van der Waals surface area contributed by atoms with E-state index < -0.39 is 0 Å². The number of amides is 1. The van der Waals surface area contributed by atoms with Crippen molar-refractivity contribution in [1.29, 1.82) is 0 Å². The summed E-state index contributed by atoms with van der Waals surface area (Å²) in [4.78, 5) is 25.6. The zero-order chi connectivity index (χ0) is 20.1. The fraction of sp³-hybridized carbons (Fsp3) is 0.286. The number of hydrogen-bond acceptors (Lipinski definition) is 3. The number of benzene rings is 1. The molecule has 0 aliphatic rings. The highest BCUT2D eigenvalue weighted by molar-refractivity contribution is 6.30. The van der Waals surface area contributed by atoms with E-state index in [1.54, 1.807) is 34.8 Å². The fourth-order valence-electron chi connectivity index (χ4n) is 3.11. The molecule has 0 aliphatic heterocycles. The van der Waals surface area contributed by atoms with E-state index in [0.717, 1.165) is 5.56 Å². The van der Waals surface area contributed by atoms with Crippen molar-refractivity contribution < 1.29 is 4.79 Å². The number of nitrogens with one attached hydrogen (secondary N) is 1. The van der Waals surface area contributed by atoms with Crippen molar-refractivity contribution in [3.05, 3.63) is 87.1 Å². The summed E-state index contributed by atoms with van der Waals surface area (Å²) >= 11 is 5.83. The van der Waals surface area contributed by atoms with E-state index in [1.807, 2.05) is 43.3 Å². The molecule has 0 fully saturated rings. The molecular formula is C21H23ClN4O2. The maximum absolute atomic E-state index is 13.0. The molecule has 1 aromatic carbocycles. The van der Waals surface area contributed by atoms with Gasteiger partial charge in [0, 0.05) is 25.5 Å². The minimum absolute atomic E-state index is 0.162. The Labute approximate surface area is 168 Å². The Morgan fingerprint density at radius 1 is 1.25 bits per heavy atom. The first kappa shape index (κ1) is 19.9. The zero-order valence-electron chi connectivity index (χ0n) is 15.9. The van der Waals surface area contributed by atoms with Gasteiger partial charge in [-0.25, -0.2) is 0 Å². The van der Waals surface area contributed by atoms with Crippen LogP contribution in [0.4, 0.5) is 0 Å². The third-order valence-electron chi connectivity index (χ3n) is 4.71. The van der Waals surface area contributed by atoms with Crippen LogP contribution in [-0.4, -0.2) is 26.8 Å². The second kappa shape index (κ2) is 8.89. The second-order valence-corrected chi connectivity index (χ2v) is 7.14. The number of pyridine rings is 1. The second-order valence-electron chi connectivity index (χ2n) is 6.70. The van der Waals surface area contributed by atoms with E-state index in [9.17, 15) is 9.59 Å². The van der Waals surface area contributed by atoms with Gasteiger partial charge in [0.05, 0.1) is 17.3 Å². The Bertz CT molecular complexity index is 1010. The SMILES string of the molecule is Cc1ccn(C(C)c2ccccc2)c(=O)c1C(=O)NCCCn1cc(Cl)cn1. The smallest absolute Gasteiger partial charge is 0.264 e. The van der Waals surface area contributed by atoms with E-state index in [0.29, 0.717) is 30.1 Å². The molecule has 0 saturated carbocycles. The molecule has 0 saturated heterocycles. The number of nitrogens with zero attached hydrogens (tertiary/aromatic N) is 3. The number of halogens is 1. The summed E-state index contributed by atoms with van der Waals surface area (Å²) in [5, 5.41) is 7.52. The summed E-state index contributed by atoms with van der Waals surface area (Å²) in [7, 11) is 0. The monoisotopic (exact) mass is 398 g/mol. The van der Waals surface area contributed by atoms with Crippen LogP contribution in [0.25, 0.3) is 0 Å². The number of carbonyl (C=O) groups excluding carboxylic acids is 1. The molecule has 0 aliphatic carbocycles. The molecule has 1 N–H and O–H groups in total. The van der Waals surface area contributed by atoms with Crippen molar-refractivity contribution in [3.63, 3.8) is 0 Å². The topological polar surface area (TPSA) is 68.9 Å². The van der Waals surface area contributed by atoms with Gasteiger partial charge in [-0.2, -0.15) is 5.10 Å². The lowest BCUT2D eigenvalue weighted by Gasteiger charge is -2.17. The minimum atomic E-state index is -0.351. The van der Waals surface area contributed by atoms with Crippen LogP contribution in [0.5, 0.6) is 0 Å². The van der Waals surface area contributed by atoms with Crippen LogP contribution >= 0.6 is 11.6 Å². The number of rotatable bonds is 7. The maximum atomic E-state index is 13.0. The summed E-state index contributed by atoms with van der Waals surface area (Å²) in [5.41, 5.74) is 1.58. The molecule has 2 heterocycles. The van der Waals surface area contributed by atoms with Crippen LogP contribution in [0.2, 0.25) is 5.02 Å². The van der Waals surface area contributed by atoms with E-state index in [2.05, 4.69) is 10.4 Å². The first-order valence-corrected chi connectivity index (χ1v) is 9.58. The molecule has 3 aromatic rings. The summed E-state index contributed by atoms with van der Waals surface area (Å²) in [6.07, 6.45) is 5.73. The normalized spacial score (nSPS) is 12.0. The molecule has 0 bridgehead atoms. The first-order valence-electron chi connectivity index (χ1n) is 9.20. The molecule has 0 radical (unpaired) electrons.